The Morgan fingerprint density at radius 3 is 2.54 bits per heavy atom. The summed E-state index contributed by atoms with van der Waals surface area (Å²) in [6, 6.07) is 6.29. The summed E-state index contributed by atoms with van der Waals surface area (Å²) >= 11 is 3.54. The van der Waals surface area contributed by atoms with E-state index in [9.17, 15) is 0 Å². The second-order valence-corrected chi connectivity index (χ2v) is 4.34. The number of halogens is 1. The van der Waals surface area contributed by atoms with Gasteiger partial charge in [0, 0.05) is 11.1 Å². The Hall–Kier alpha value is -0.340. The molecule has 0 spiro atoms. The van der Waals surface area contributed by atoms with E-state index in [1.807, 2.05) is 0 Å². The van der Waals surface area contributed by atoms with E-state index in [-0.39, 0.29) is 6.61 Å². The minimum Gasteiger partial charge on any atom is -0.396 e. The average Bonchev–Trinajstić information content (AvgIpc) is 2.04. The van der Waals surface area contributed by atoms with Gasteiger partial charge in [-0.05, 0) is 29.5 Å². The SMILES string of the molecule is CC(C)c1ccc(CCO)cc1Br. The summed E-state index contributed by atoms with van der Waals surface area (Å²) < 4.78 is 1.15. The van der Waals surface area contributed by atoms with Crippen molar-refractivity contribution in [3.63, 3.8) is 0 Å². The van der Waals surface area contributed by atoms with E-state index in [0.717, 1.165) is 10.9 Å². The van der Waals surface area contributed by atoms with Crippen molar-refractivity contribution >= 4 is 15.9 Å². The van der Waals surface area contributed by atoms with Gasteiger partial charge in [0.1, 0.15) is 0 Å². The number of rotatable bonds is 3. The van der Waals surface area contributed by atoms with Gasteiger partial charge < -0.3 is 5.11 Å². The van der Waals surface area contributed by atoms with Crippen LogP contribution < -0.4 is 0 Å². The van der Waals surface area contributed by atoms with E-state index in [1.165, 1.54) is 11.1 Å². The highest BCUT2D eigenvalue weighted by molar-refractivity contribution is 9.10. The first-order valence-electron chi connectivity index (χ1n) is 4.54. The van der Waals surface area contributed by atoms with E-state index in [2.05, 4.69) is 48.0 Å². The topological polar surface area (TPSA) is 20.2 Å². The van der Waals surface area contributed by atoms with Gasteiger partial charge in [-0.1, -0.05) is 41.9 Å². The lowest BCUT2D eigenvalue weighted by Gasteiger charge is -2.09. The normalized spacial score (nSPS) is 10.8. The van der Waals surface area contributed by atoms with Crippen LogP contribution in [0.15, 0.2) is 22.7 Å². The maximum atomic E-state index is 8.77. The largest absolute Gasteiger partial charge is 0.396 e. The van der Waals surface area contributed by atoms with Crippen LogP contribution in [-0.2, 0) is 6.42 Å². The number of aliphatic hydroxyl groups excluding tert-OH is 1. The van der Waals surface area contributed by atoms with Gasteiger partial charge in [0.2, 0.25) is 0 Å². The van der Waals surface area contributed by atoms with Gasteiger partial charge in [-0.25, -0.2) is 0 Å². The van der Waals surface area contributed by atoms with Crippen LogP contribution in [0, 0.1) is 0 Å². The highest BCUT2D eigenvalue weighted by Gasteiger charge is 2.04. The molecule has 0 unspecified atom stereocenters. The second kappa shape index (κ2) is 4.77. The molecule has 0 bridgehead atoms. The Morgan fingerprint density at radius 2 is 2.08 bits per heavy atom. The first-order chi connectivity index (χ1) is 6.15. The molecule has 72 valence electrons. The molecule has 0 aromatic heterocycles. The van der Waals surface area contributed by atoms with Crippen molar-refractivity contribution in [3.05, 3.63) is 33.8 Å². The molecular formula is C11H15BrO. The minimum atomic E-state index is 0.216. The Balaban J connectivity index is 2.92. The molecule has 1 rings (SSSR count). The summed E-state index contributed by atoms with van der Waals surface area (Å²) in [6.45, 7) is 4.56. The maximum absolute atomic E-state index is 8.77. The van der Waals surface area contributed by atoms with E-state index < -0.39 is 0 Å². The lowest BCUT2D eigenvalue weighted by atomic mass is 10.0. The fourth-order valence-electron chi connectivity index (χ4n) is 1.32. The smallest absolute Gasteiger partial charge is 0.0471 e. The summed E-state index contributed by atoms with van der Waals surface area (Å²) in [6.07, 6.45) is 0.733. The van der Waals surface area contributed by atoms with Gasteiger partial charge in [-0.2, -0.15) is 0 Å². The summed E-state index contributed by atoms with van der Waals surface area (Å²) in [4.78, 5) is 0. The van der Waals surface area contributed by atoms with Crippen molar-refractivity contribution in [3.8, 4) is 0 Å². The lowest BCUT2D eigenvalue weighted by molar-refractivity contribution is 0.299. The van der Waals surface area contributed by atoms with Crippen molar-refractivity contribution in [2.75, 3.05) is 6.61 Å². The molecule has 0 fully saturated rings. The van der Waals surface area contributed by atoms with Crippen molar-refractivity contribution in [2.45, 2.75) is 26.2 Å². The molecule has 0 atom stereocenters. The van der Waals surface area contributed by atoms with Crippen molar-refractivity contribution in [1.82, 2.24) is 0 Å². The van der Waals surface area contributed by atoms with Gasteiger partial charge in [0.15, 0.2) is 0 Å². The molecule has 0 saturated heterocycles. The first-order valence-corrected chi connectivity index (χ1v) is 5.33. The Labute approximate surface area is 87.9 Å². The Bertz CT molecular complexity index is 281. The van der Waals surface area contributed by atoms with E-state index in [1.54, 1.807) is 0 Å². The number of benzene rings is 1. The number of aliphatic hydroxyl groups is 1. The third-order valence-corrected chi connectivity index (χ3v) is 2.77. The lowest BCUT2D eigenvalue weighted by Crippen LogP contribution is -1.94. The predicted octanol–water partition coefficient (Wildman–Crippen LogP) is 3.11. The molecule has 0 aliphatic heterocycles. The molecular weight excluding hydrogens is 228 g/mol. The van der Waals surface area contributed by atoms with Gasteiger partial charge in [-0.15, -0.1) is 0 Å². The highest BCUT2D eigenvalue weighted by Crippen LogP contribution is 2.25. The van der Waals surface area contributed by atoms with Crippen molar-refractivity contribution < 1.29 is 5.11 Å². The average molecular weight is 243 g/mol. The third-order valence-electron chi connectivity index (χ3n) is 2.09. The Morgan fingerprint density at radius 1 is 1.38 bits per heavy atom. The third kappa shape index (κ3) is 2.82. The minimum absolute atomic E-state index is 0.216. The fourth-order valence-corrected chi connectivity index (χ4v) is 2.21. The number of hydrogen-bond donors (Lipinski definition) is 1. The molecule has 1 nitrogen and oxygen atoms in total. The Kier molecular flexibility index (Phi) is 3.94. The predicted molar refractivity (Wildman–Crippen MR) is 59.0 cm³/mol. The van der Waals surface area contributed by atoms with Crippen LogP contribution in [-0.4, -0.2) is 11.7 Å². The quantitative estimate of drug-likeness (QED) is 0.864. The summed E-state index contributed by atoms with van der Waals surface area (Å²) in [5.74, 6) is 0.539. The standard InChI is InChI=1S/C11H15BrO/c1-8(2)10-4-3-9(5-6-13)7-11(10)12/h3-4,7-8,13H,5-6H2,1-2H3. The van der Waals surface area contributed by atoms with Crippen LogP contribution in [0.25, 0.3) is 0 Å². The summed E-state index contributed by atoms with van der Waals surface area (Å²) in [7, 11) is 0. The van der Waals surface area contributed by atoms with Crippen LogP contribution in [0.1, 0.15) is 30.9 Å². The van der Waals surface area contributed by atoms with Crippen molar-refractivity contribution in [1.29, 1.82) is 0 Å². The zero-order chi connectivity index (χ0) is 9.84. The molecule has 0 aliphatic carbocycles. The molecule has 2 heteroatoms. The zero-order valence-corrected chi connectivity index (χ0v) is 9.63. The van der Waals surface area contributed by atoms with Gasteiger partial charge >= 0.3 is 0 Å². The van der Waals surface area contributed by atoms with E-state index >= 15 is 0 Å². The monoisotopic (exact) mass is 242 g/mol. The van der Waals surface area contributed by atoms with Gasteiger partial charge in [0.25, 0.3) is 0 Å². The molecule has 0 aliphatic rings. The molecule has 0 radical (unpaired) electrons. The molecule has 0 amide bonds. The summed E-state index contributed by atoms with van der Waals surface area (Å²) in [5, 5.41) is 8.77. The molecule has 1 N–H and O–H groups in total. The van der Waals surface area contributed by atoms with Crippen LogP contribution >= 0.6 is 15.9 Å². The molecule has 0 saturated carbocycles. The van der Waals surface area contributed by atoms with E-state index in [4.69, 9.17) is 5.11 Å². The van der Waals surface area contributed by atoms with Crippen LogP contribution in [0.2, 0.25) is 0 Å². The molecule has 1 aromatic carbocycles. The zero-order valence-electron chi connectivity index (χ0n) is 8.05. The molecule has 1 aromatic rings. The van der Waals surface area contributed by atoms with Crippen LogP contribution in [0.4, 0.5) is 0 Å². The van der Waals surface area contributed by atoms with Crippen LogP contribution in [0.5, 0.6) is 0 Å². The van der Waals surface area contributed by atoms with Crippen molar-refractivity contribution in [2.24, 2.45) is 0 Å². The fraction of sp³-hybridized carbons (Fsp3) is 0.455. The molecule has 13 heavy (non-hydrogen) atoms. The van der Waals surface area contributed by atoms with Crippen LogP contribution in [0.3, 0.4) is 0 Å². The van der Waals surface area contributed by atoms with E-state index in [0.29, 0.717) is 5.92 Å². The maximum Gasteiger partial charge on any atom is 0.0471 e. The first kappa shape index (κ1) is 10.7. The molecule has 0 heterocycles. The van der Waals surface area contributed by atoms with Gasteiger partial charge in [0.05, 0.1) is 0 Å². The highest BCUT2D eigenvalue weighted by atomic mass is 79.9. The van der Waals surface area contributed by atoms with Gasteiger partial charge in [-0.3, -0.25) is 0 Å². The number of hydrogen-bond acceptors (Lipinski definition) is 1. The second-order valence-electron chi connectivity index (χ2n) is 3.48. The summed E-state index contributed by atoms with van der Waals surface area (Å²) in [5.41, 5.74) is 2.50.